The minimum absolute atomic E-state index is 0.0744. The summed E-state index contributed by atoms with van der Waals surface area (Å²) in [5, 5.41) is 0. The lowest BCUT2D eigenvalue weighted by Crippen LogP contribution is -2.46. The summed E-state index contributed by atoms with van der Waals surface area (Å²) in [6.45, 7) is 2.46. The Bertz CT molecular complexity index is 1050. The molecule has 0 radical (unpaired) electrons. The average Bonchev–Trinajstić information content (AvgIpc) is 3.13. The number of amides is 1. The Balaban J connectivity index is 1.39. The number of ether oxygens (including phenoxy) is 1. The Morgan fingerprint density at radius 1 is 1.13 bits per heavy atom. The van der Waals surface area contributed by atoms with Crippen LogP contribution in [0.3, 0.4) is 0 Å². The van der Waals surface area contributed by atoms with Gasteiger partial charge < -0.3 is 14.5 Å². The van der Waals surface area contributed by atoms with E-state index in [9.17, 15) is 17.6 Å². The maximum absolute atomic E-state index is 14.9. The van der Waals surface area contributed by atoms with Gasteiger partial charge in [-0.15, -0.1) is 0 Å². The molecule has 0 spiro atoms. The van der Waals surface area contributed by atoms with Gasteiger partial charge in [0, 0.05) is 26.2 Å². The molecule has 166 valence electrons. The van der Waals surface area contributed by atoms with Crippen molar-refractivity contribution >= 4 is 33.3 Å². The van der Waals surface area contributed by atoms with Gasteiger partial charge in [-0.25, -0.2) is 19.2 Å². The van der Waals surface area contributed by atoms with E-state index >= 15 is 0 Å². The Morgan fingerprint density at radius 2 is 1.81 bits per heavy atom. The van der Waals surface area contributed by atoms with Crippen molar-refractivity contribution in [2.45, 2.75) is 6.10 Å². The number of hydrogen-bond donors (Lipinski definition) is 0. The van der Waals surface area contributed by atoms with E-state index in [4.69, 9.17) is 4.74 Å². The van der Waals surface area contributed by atoms with Gasteiger partial charge in [0.1, 0.15) is 24.9 Å². The molecule has 0 saturated carbocycles. The molecular weight excluding hydrogens is 429 g/mol. The van der Waals surface area contributed by atoms with Crippen LogP contribution in [-0.2, 0) is 19.0 Å². The quantitative estimate of drug-likeness (QED) is 0.600. The first-order valence-electron chi connectivity index (χ1n) is 9.67. The summed E-state index contributed by atoms with van der Waals surface area (Å²) in [7, 11) is -3.64. The van der Waals surface area contributed by atoms with Gasteiger partial charge >= 0.3 is 6.09 Å². The number of aromatic nitrogens is 2. The monoisotopic (exact) mass is 451 g/mol. The summed E-state index contributed by atoms with van der Waals surface area (Å²) in [4.78, 5) is 25.5. The Morgan fingerprint density at radius 3 is 2.45 bits per heavy atom. The fourth-order valence-electron chi connectivity index (χ4n) is 3.60. The van der Waals surface area contributed by atoms with E-state index in [0.29, 0.717) is 37.6 Å². The zero-order valence-corrected chi connectivity index (χ0v) is 17.7. The highest BCUT2D eigenvalue weighted by atomic mass is 32.2. The summed E-state index contributed by atoms with van der Waals surface area (Å²) in [5.74, 6) is -0.447. The van der Waals surface area contributed by atoms with Gasteiger partial charge in [0.15, 0.2) is 0 Å². The van der Waals surface area contributed by atoms with Crippen molar-refractivity contribution in [1.29, 1.82) is 0 Å². The molecule has 1 aromatic heterocycles. The lowest BCUT2D eigenvalue weighted by atomic mass is 10.2. The van der Waals surface area contributed by atoms with Crippen LogP contribution in [-0.4, -0.2) is 76.2 Å². The lowest BCUT2D eigenvalue weighted by molar-refractivity contribution is 0.107. The van der Waals surface area contributed by atoms with Crippen LogP contribution in [0.1, 0.15) is 0 Å². The molecule has 0 bridgehead atoms. The fraction of sp³-hybridized carbons (Fsp3) is 0.421. The van der Waals surface area contributed by atoms with Gasteiger partial charge in [-0.3, -0.25) is 9.08 Å². The fourth-order valence-corrected chi connectivity index (χ4v) is 4.00. The van der Waals surface area contributed by atoms with Crippen molar-refractivity contribution in [1.82, 2.24) is 9.97 Å². The van der Waals surface area contributed by atoms with Crippen LogP contribution in [0.15, 0.2) is 36.9 Å². The lowest BCUT2D eigenvalue weighted by Gasteiger charge is -2.37. The predicted octanol–water partition coefficient (Wildman–Crippen LogP) is 1.24. The number of rotatable bonds is 6. The van der Waals surface area contributed by atoms with Crippen molar-refractivity contribution in [3.05, 3.63) is 42.7 Å². The zero-order valence-electron chi connectivity index (χ0n) is 16.8. The summed E-state index contributed by atoms with van der Waals surface area (Å²) in [5.41, 5.74) is 1.73. The van der Waals surface area contributed by atoms with Gasteiger partial charge in [0.25, 0.3) is 10.1 Å². The number of nitrogens with zero attached hydrogens (tertiary/aromatic N) is 5. The number of halogens is 1. The normalized spacial score (nSPS) is 19.6. The smallest absolute Gasteiger partial charge is 0.414 e. The third-order valence-electron chi connectivity index (χ3n) is 5.12. The molecule has 4 rings (SSSR count). The van der Waals surface area contributed by atoms with E-state index in [-0.39, 0.29) is 13.2 Å². The number of hydrogen-bond acceptors (Lipinski definition) is 9. The van der Waals surface area contributed by atoms with Crippen LogP contribution < -0.4 is 14.7 Å². The van der Waals surface area contributed by atoms with Gasteiger partial charge in [0.2, 0.25) is 0 Å². The number of carbonyl (C=O) groups excluding carboxylic acids is 1. The van der Waals surface area contributed by atoms with E-state index in [2.05, 4.69) is 19.1 Å². The van der Waals surface area contributed by atoms with E-state index < -0.39 is 28.1 Å². The van der Waals surface area contributed by atoms with Crippen LogP contribution >= 0.6 is 0 Å². The molecule has 0 N–H and O–H groups in total. The van der Waals surface area contributed by atoms with Crippen LogP contribution in [0.25, 0.3) is 0 Å². The number of cyclic esters (lactones) is 1. The van der Waals surface area contributed by atoms with E-state index in [1.165, 1.54) is 17.3 Å². The average molecular weight is 451 g/mol. The highest BCUT2D eigenvalue weighted by Gasteiger charge is 2.34. The Labute approximate surface area is 179 Å². The number of anilines is 3. The SMILES string of the molecule is CS(=O)(=O)OCC1CN(c2ccc(N3CCN(c4cncnc4)CC3)c(F)c2)C(=O)O1. The second-order valence-electron chi connectivity index (χ2n) is 7.31. The van der Waals surface area contributed by atoms with Crippen LogP contribution in [0.2, 0.25) is 0 Å². The molecule has 3 heterocycles. The summed E-state index contributed by atoms with van der Waals surface area (Å²) >= 11 is 0. The third kappa shape index (κ3) is 5.02. The van der Waals surface area contributed by atoms with Gasteiger partial charge in [-0.05, 0) is 18.2 Å². The van der Waals surface area contributed by atoms with Gasteiger partial charge in [-0.1, -0.05) is 0 Å². The van der Waals surface area contributed by atoms with Crippen molar-refractivity contribution < 1.29 is 26.5 Å². The number of piperazine rings is 1. The standard InChI is InChI=1S/C19H22FN5O5S/c1-31(27,28)29-12-16-11-25(19(26)30-16)14-2-3-18(17(20)8-14)24-6-4-23(5-7-24)15-9-21-13-22-10-15/h2-3,8-10,13,16H,4-7,11-12H2,1H3. The predicted molar refractivity (Wildman–Crippen MR) is 111 cm³/mol. The first-order chi connectivity index (χ1) is 14.8. The third-order valence-corrected chi connectivity index (χ3v) is 5.68. The second-order valence-corrected chi connectivity index (χ2v) is 8.96. The summed E-state index contributed by atoms with van der Waals surface area (Å²) in [6, 6.07) is 4.57. The maximum Gasteiger partial charge on any atom is 0.414 e. The largest absolute Gasteiger partial charge is 0.441 e. The Kier molecular flexibility index (Phi) is 5.92. The molecule has 2 fully saturated rings. The van der Waals surface area contributed by atoms with Gasteiger partial charge in [0.05, 0.1) is 42.3 Å². The van der Waals surface area contributed by atoms with E-state index in [1.54, 1.807) is 24.5 Å². The first-order valence-corrected chi connectivity index (χ1v) is 11.5. The molecule has 2 aromatic rings. The van der Waals surface area contributed by atoms with Crippen molar-refractivity contribution in [3.8, 4) is 0 Å². The number of carbonyl (C=O) groups is 1. The molecule has 1 unspecified atom stereocenters. The topological polar surface area (TPSA) is 105 Å². The minimum Gasteiger partial charge on any atom is -0.441 e. The molecule has 1 atom stereocenters. The van der Waals surface area contributed by atoms with Crippen molar-refractivity contribution in [2.75, 3.05) is 60.3 Å². The first kappa shape index (κ1) is 21.2. The van der Waals surface area contributed by atoms with E-state index in [1.807, 2.05) is 4.90 Å². The minimum atomic E-state index is -3.64. The maximum atomic E-state index is 14.9. The van der Waals surface area contributed by atoms with E-state index in [0.717, 1.165) is 11.9 Å². The molecule has 0 aliphatic carbocycles. The molecule has 1 aromatic carbocycles. The highest BCUT2D eigenvalue weighted by Crippen LogP contribution is 2.29. The molecule has 2 saturated heterocycles. The zero-order chi connectivity index (χ0) is 22.0. The van der Waals surface area contributed by atoms with Crippen molar-refractivity contribution in [3.63, 3.8) is 0 Å². The molecule has 31 heavy (non-hydrogen) atoms. The van der Waals surface area contributed by atoms with Crippen LogP contribution in [0.5, 0.6) is 0 Å². The van der Waals surface area contributed by atoms with Crippen LogP contribution in [0, 0.1) is 5.82 Å². The van der Waals surface area contributed by atoms with Crippen molar-refractivity contribution in [2.24, 2.45) is 0 Å². The summed E-state index contributed by atoms with van der Waals surface area (Å²) in [6.07, 6.45) is 4.48. The second kappa shape index (κ2) is 8.63. The molecule has 2 aliphatic heterocycles. The molecule has 12 heteroatoms. The highest BCUT2D eigenvalue weighted by molar-refractivity contribution is 7.85. The van der Waals surface area contributed by atoms with Crippen LogP contribution in [0.4, 0.5) is 26.2 Å². The number of benzene rings is 1. The molecule has 2 aliphatic rings. The van der Waals surface area contributed by atoms with Gasteiger partial charge in [-0.2, -0.15) is 8.42 Å². The molecule has 10 nitrogen and oxygen atoms in total. The molecule has 1 amide bonds. The molecular formula is C19H22FN5O5S. The Hall–Kier alpha value is -2.99. The summed E-state index contributed by atoms with van der Waals surface area (Å²) < 4.78 is 46.9.